The summed E-state index contributed by atoms with van der Waals surface area (Å²) < 4.78 is 5.82. The highest BCUT2D eigenvalue weighted by Gasteiger charge is 2.19. The van der Waals surface area contributed by atoms with E-state index < -0.39 is 0 Å². The Balaban J connectivity index is -0.000000144. The highest BCUT2D eigenvalue weighted by molar-refractivity contribution is 6.18. The summed E-state index contributed by atoms with van der Waals surface area (Å²) in [4.78, 5) is 0. The van der Waals surface area contributed by atoms with Gasteiger partial charge in [-0.25, -0.2) is 0 Å². The van der Waals surface area contributed by atoms with Crippen molar-refractivity contribution in [3.8, 4) is 0 Å². The number of nitrogens with one attached hydrogen (secondary N) is 2. The Kier molecular flexibility index (Phi) is 52.8. The third kappa shape index (κ3) is 62.7. The quantitative estimate of drug-likeness (QED) is 0.0563. The molecule has 1 rings (SSSR count). The van der Waals surface area contributed by atoms with Crippen LogP contribution in [0.1, 0.15) is 84.0 Å². The van der Waals surface area contributed by atoms with Gasteiger partial charge in [0.15, 0.2) is 0 Å². The zero-order chi connectivity index (χ0) is 28.5. The summed E-state index contributed by atoms with van der Waals surface area (Å²) in [5.41, 5.74) is 4.91. The SMILES string of the molecule is C=CCN.C=CCNCCCCCCCCCC.C=CCNCCCCCC[N+](C)(C)C.Cl.ClC[C@@H]1CO1.[Cl-]. The first-order valence-electron chi connectivity index (χ1n) is 14.7. The second kappa shape index (κ2) is 42.4. The number of ether oxygens (including phenoxy) is 1. The molecule has 0 amide bonds. The van der Waals surface area contributed by atoms with Crippen LogP contribution in [0.4, 0.5) is 0 Å². The topological polar surface area (TPSA) is 62.6 Å². The van der Waals surface area contributed by atoms with Gasteiger partial charge in [-0.2, -0.15) is 0 Å². The van der Waals surface area contributed by atoms with Crippen LogP contribution in [0.2, 0.25) is 0 Å². The van der Waals surface area contributed by atoms with Gasteiger partial charge in [0.1, 0.15) is 0 Å². The van der Waals surface area contributed by atoms with Crippen LogP contribution >= 0.6 is 24.0 Å². The Hall–Kier alpha value is -0.110. The monoisotopic (exact) mass is 616 g/mol. The zero-order valence-electron chi connectivity index (χ0n) is 26.2. The lowest BCUT2D eigenvalue weighted by Crippen LogP contribution is -3.00. The Labute approximate surface area is 262 Å². The first-order valence-corrected chi connectivity index (χ1v) is 15.3. The smallest absolute Gasteiger partial charge is 0.0944 e. The molecule has 0 saturated carbocycles. The standard InChI is InChI=1S/C13H27N.C12H27N2.C3H5ClO.C3H7N.2ClH/c1-3-5-6-7-8-9-10-11-13-14-12-4-2;1-5-10-13-11-8-6-7-9-12-14(2,3)4;4-1-3-2-5-3;1-2-3-4;;/h4,14H,2-3,5-13H2,1H3;5,13H,1,6-12H2,2-4H3;3H,1-2H2;2H,1,3-4H2;2*1H/q;+1;;;;/p-1/t;;3-;;;/m..1.../s1. The lowest BCUT2D eigenvalue weighted by Gasteiger charge is -2.23. The van der Waals surface area contributed by atoms with Crippen LogP contribution in [0.25, 0.3) is 0 Å². The van der Waals surface area contributed by atoms with Crippen molar-refractivity contribution in [3.05, 3.63) is 38.0 Å². The van der Waals surface area contributed by atoms with Crippen LogP contribution in [0.5, 0.6) is 0 Å². The normalized spacial score (nSPS) is 12.9. The van der Waals surface area contributed by atoms with E-state index in [0.717, 1.165) is 37.3 Å². The second-order valence-electron chi connectivity index (χ2n) is 10.5. The zero-order valence-corrected chi connectivity index (χ0v) is 28.5. The second-order valence-corrected chi connectivity index (χ2v) is 10.8. The van der Waals surface area contributed by atoms with Crippen molar-refractivity contribution >= 4 is 24.0 Å². The average Bonchev–Trinajstić information content (AvgIpc) is 3.72. The van der Waals surface area contributed by atoms with E-state index in [4.69, 9.17) is 22.1 Å². The van der Waals surface area contributed by atoms with Crippen molar-refractivity contribution < 1.29 is 21.6 Å². The summed E-state index contributed by atoms with van der Waals surface area (Å²) in [6.45, 7) is 19.9. The molecular weight excluding hydrogens is 551 g/mol. The van der Waals surface area contributed by atoms with Crippen molar-refractivity contribution in [2.45, 2.75) is 90.1 Å². The Morgan fingerprint density at radius 1 is 0.795 bits per heavy atom. The fraction of sp³-hybridized carbons (Fsp3) is 0.806. The molecule has 5 nitrogen and oxygen atoms in total. The number of epoxide rings is 1. The van der Waals surface area contributed by atoms with E-state index in [-0.39, 0.29) is 24.8 Å². The van der Waals surface area contributed by atoms with E-state index in [9.17, 15) is 0 Å². The lowest BCUT2D eigenvalue weighted by atomic mass is 10.1. The Bertz CT molecular complexity index is 460. The maximum Gasteiger partial charge on any atom is 0.0944 e. The third-order valence-electron chi connectivity index (χ3n) is 5.46. The molecule has 8 heteroatoms. The van der Waals surface area contributed by atoms with E-state index in [0.29, 0.717) is 18.5 Å². The number of rotatable bonds is 22. The molecule has 1 aliphatic heterocycles. The van der Waals surface area contributed by atoms with Gasteiger partial charge in [0.05, 0.1) is 46.3 Å². The van der Waals surface area contributed by atoms with Crippen LogP contribution in [0, 0.1) is 0 Å². The maximum absolute atomic E-state index is 5.27. The number of alkyl halides is 1. The van der Waals surface area contributed by atoms with E-state index in [2.05, 4.69) is 58.4 Å². The molecule has 0 aliphatic carbocycles. The first-order chi connectivity index (χ1) is 17.8. The minimum atomic E-state index is 0. The molecule has 39 heavy (non-hydrogen) atoms. The number of halogens is 3. The summed E-state index contributed by atoms with van der Waals surface area (Å²) >= 11 is 5.27. The molecule has 0 aromatic rings. The van der Waals surface area contributed by atoms with Crippen molar-refractivity contribution in [1.82, 2.24) is 10.6 Å². The maximum atomic E-state index is 5.27. The van der Waals surface area contributed by atoms with Crippen LogP contribution in [0.3, 0.4) is 0 Å². The van der Waals surface area contributed by atoms with Gasteiger partial charge >= 0.3 is 0 Å². The molecule has 1 saturated heterocycles. The van der Waals surface area contributed by atoms with Gasteiger partial charge in [-0.15, -0.1) is 43.7 Å². The minimum Gasteiger partial charge on any atom is -1.00 e. The summed E-state index contributed by atoms with van der Waals surface area (Å²) in [7, 11) is 6.77. The number of hydrogen-bond acceptors (Lipinski definition) is 4. The van der Waals surface area contributed by atoms with E-state index in [1.54, 1.807) is 6.08 Å². The molecule has 0 unspecified atom stereocenters. The molecule has 4 N–H and O–H groups in total. The lowest BCUT2D eigenvalue weighted by molar-refractivity contribution is -0.870. The predicted octanol–water partition coefficient (Wildman–Crippen LogP) is 4.11. The summed E-state index contributed by atoms with van der Waals surface area (Å²) in [5, 5.41) is 6.65. The molecule has 1 fully saturated rings. The van der Waals surface area contributed by atoms with Gasteiger partial charge in [-0.1, -0.05) is 76.5 Å². The molecule has 1 aliphatic rings. The van der Waals surface area contributed by atoms with Crippen LogP contribution in [0.15, 0.2) is 38.0 Å². The Morgan fingerprint density at radius 2 is 1.18 bits per heavy atom. The van der Waals surface area contributed by atoms with Gasteiger partial charge in [-0.3, -0.25) is 0 Å². The minimum absolute atomic E-state index is 0. The number of quaternary nitrogens is 1. The molecule has 0 aromatic carbocycles. The first kappa shape index (κ1) is 48.6. The highest BCUT2D eigenvalue weighted by Crippen LogP contribution is 2.09. The van der Waals surface area contributed by atoms with Crippen LogP contribution < -0.4 is 28.8 Å². The van der Waals surface area contributed by atoms with Gasteiger partial charge < -0.3 is 38.0 Å². The van der Waals surface area contributed by atoms with Crippen molar-refractivity contribution in [2.24, 2.45) is 5.73 Å². The van der Waals surface area contributed by atoms with Crippen molar-refractivity contribution in [1.29, 1.82) is 0 Å². The molecule has 0 aromatic heterocycles. The highest BCUT2D eigenvalue weighted by atomic mass is 35.5. The number of hydrogen-bond donors (Lipinski definition) is 3. The molecule has 238 valence electrons. The molecule has 0 spiro atoms. The van der Waals surface area contributed by atoms with Gasteiger partial charge in [0, 0.05) is 19.6 Å². The van der Waals surface area contributed by atoms with Gasteiger partial charge in [-0.05, 0) is 38.8 Å². The molecule has 0 bridgehead atoms. The third-order valence-corrected chi connectivity index (χ3v) is 5.80. The van der Waals surface area contributed by atoms with Crippen molar-refractivity contribution in [3.63, 3.8) is 0 Å². The number of nitrogens with zero attached hydrogens (tertiary/aromatic N) is 1. The summed E-state index contributed by atoms with van der Waals surface area (Å²) in [5.74, 6) is 0.667. The van der Waals surface area contributed by atoms with Gasteiger partial charge in [0.2, 0.25) is 0 Å². The average molecular weight is 618 g/mol. The predicted molar refractivity (Wildman–Crippen MR) is 177 cm³/mol. The van der Waals surface area contributed by atoms with Crippen molar-refractivity contribution in [2.75, 3.05) is 72.9 Å². The van der Waals surface area contributed by atoms with Crippen LogP contribution in [-0.2, 0) is 4.74 Å². The molecular formula is C31H67Cl3N4O. The largest absolute Gasteiger partial charge is 1.00 e. The van der Waals surface area contributed by atoms with E-state index in [1.807, 2.05) is 12.2 Å². The molecule has 1 heterocycles. The van der Waals surface area contributed by atoms with E-state index >= 15 is 0 Å². The van der Waals surface area contributed by atoms with E-state index in [1.165, 1.54) is 83.6 Å². The summed E-state index contributed by atoms with van der Waals surface area (Å²) in [6.07, 6.45) is 22.5. The fourth-order valence-corrected chi connectivity index (χ4v) is 3.32. The number of nitrogens with two attached hydrogens (primary N) is 1. The molecule has 0 radical (unpaired) electrons. The molecule has 1 atom stereocenters. The van der Waals surface area contributed by atoms with Gasteiger partial charge in [0.25, 0.3) is 0 Å². The van der Waals surface area contributed by atoms with Crippen LogP contribution in [-0.4, -0.2) is 83.5 Å². The Morgan fingerprint density at radius 3 is 1.46 bits per heavy atom. The summed E-state index contributed by atoms with van der Waals surface area (Å²) in [6, 6.07) is 0. The number of unbranched alkanes of at least 4 members (excludes halogenated alkanes) is 10. The fourth-order valence-electron chi connectivity index (χ4n) is 3.14.